The van der Waals surface area contributed by atoms with E-state index in [0.717, 1.165) is 24.3 Å². The molecule has 4 heteroatoms. The predicted octanol–water partition coefficient (Wildman–Crippen LogP) is 0.885. The summed E-state index contributed by atoms with van der Waals surface area (Å²) in [7, 11) is 4.05. The summed E-state index contributed by atoms with van der Waals surface area (Å²) < 4.78 is 1.85. The van der Waals surface area contributed by atoms with Gasteiger partial charge in [0.2, 0.25) is 0 Å². The van der Waals surface area contributed by atoms with E-state index in [1.165, 1.54) is 0 Å². The van der Waals surface area contributed by atoms with Crippen molar-refractivity contribution in [1.29, 1.82) is 0 Å². The Morgan fingerprint density at radius 2 is 2.21 bits per heavy atom. The zero-order chi connectivity index (χ0) is 10.7. The van der Waals surface area contributed by atoms with Crippen LogP contribution in [0.3, 0.4) is 0 Å². The molecule has 1 aromatic heterocycles. The van der Waals surface area contributed by atoms with E-state index >= 15 is 0 Å². The number of likely N-dealkylation sites (N-methyl/N-ethyl adjacent to an activating group) is 1. The van der Waals surface area contributed by atoms with Gasteiger partial charge in [0.25, 0.3) is 0 Å². The van der Waals surface area contributed by atoms with Crippen LogP contribution in [0, 0.1) is 0 Å². The van der Waals surface area contributed by atoms with Crippen LogP contribution in [0.25, 0.3) is 0 Å². The van der Waals surface area contributed by atoms with Gasteiger partial charge in [0.1, 0.15) is 0 Å². The monoisotopic (exact) mass is 196 g/mol. The van der Waals surface area contributed by atoms with E-state index in [1.54, 1.807) is 6.20 Å². The third kappa shape index (κ3) is 2.48. The molecule has 0 amide bonds. The second-order valence-corrected chi connectivity index (χ2v) is 3.99. The molecule has 14 heavy (non-hydrogen) atoms. The topological polar surface area (TPSA) is 47.1 Å². The number of aromatic nitrogens is 2. The van der Waals surface area contributed by atoms with E-state index in [2.05, 4.69) is 30.9 Å². The van der Waals surface area contributed by atoms with E-state index in [0.29, 0.717) is 6.04 Å². The highest BCUT2D eigenvalue weighted by atomic mass is 15.3. The first-order valence-electron chi connectivity index (χ1n) is 4.99. The first-order valence-corrected chi connectivity index (χ1v) is 4.99. The average Bonchev–Trinajstić information content (AvgIpc) is 2.43. The SMILES string of the molecule is CC(C)N(C)CCc1c(N)cnn1C. The molecule has 4 nitrogen and oxygen atoms in total. The van der Waals surface area contributed by atoms with Crippen LogP contribution < -0.4 is 5.73 Å². The standard InChI is InChI=1S/C10H20N4/c1-8(2)13(3)6-5-10-9(11)7-12-14(10)4/h7-8H,5-6,11H2,1-4H3. The first kappa shape index (κ1) is 11.0. The summed E-state index contributed by atoms with van der Waals surface area (Å²) in [6.45, 7) is 5.39. The van der Waals surface area contributed by atoms with Gasteiger partial charge in [-0.05, 0) is 20.9 Å². The summed E-state index contributed by atoms with van der Waals surface area (Å²) in [5, 5.41) is 4.11. The van der Waals surface area contributed by atoms with Gasteiger partial charge in [0.15, 0.2) is 0 Å². The molecule has 0 unspecified atom stereocenters. The number of anilines is 1. The van der Waals surface area contributed by atoms with Crippen LogP contribution in [0.4, 0.5) is 5.69 Å². The third-order valence-corrected chi connectivity index (χ3v) is 2.68. The molecule has 0 aliphatic rings. The van der Waals surface area contributed by atoms with Crippen LogP contribution in [0.5, 0.6) is 0 Å². The number of nitrogens with two attached hydrogens (primary N) is 1. The Kier molecular flexibility index (Phi) is 3.52. The van der Waals surface area contributed by atoms with Crippen LogP contribution >= 0.6 is 0 Å². The minimum absolute atomic E-state index is 0.574. The number of nitrogens with zero attached hydrogens (tertiary/aromatic N) is 3. The molecule has 0 saturated heterocycles. The third-order valence-electron chi connectivity index (χ3n) is 2.68. The molecule has 0 aromatic carbocycles. The fourth-order valence-corrected chi connectivity index (χ4v) is 1.33. The largest absolute Gasteiger partial charge is 0.396 e. The maximum atomic E-state index is 5.80. The molecule has 1 rings (SSSR count). The number of nitrogen functional groups attached to an aromatic ring is 1. The van der Waals surface area contributed by atoms with Crippen molar-refractivity contribution in [3.8, 4) is 0 Å². The molecule has 80 valence electrons. The number of hydrogen-bond donors (Lipinski definition) is 1. The van der Waals surface area contributed by atoms with E-state index in [4.69, 9.17) is 5.73 Å². The molecule has 0 radical (unpaired) electrons. The van der Waals surface area contributed by atoms with E-state index < -0.39 is 0 Å². The van der Waals surface area contributed by atoms with Crippen LogP contribution in [0.1, 0.15) is 19.5 Å². The fourth-order valence-electron chi connectivity index (χ4n) is 1.33. The number of rotatable bonds is 4. The molecule has 2 N–H and O–H groups in total. The minimum Gasteiger partial charge on any atom is -0.396 e. The van der Waals surface area contributed by atoms with Crippen molar-refractivity contribution in [2.24, 2.45) is 7.05 Å². The molecular formula is C10H20N4. The lowest BCUT2D eigenvalue weighted by molar-refractivity contribution is 0.275. The maximum absolute atomic E-state index is 5.80. The van der Waals surface area contributed by atoms with Crippen LogP contribution in [0.15, 0.2) is 6.20 Å². The zero-order valence-electron chi connectivity index (χ0n) is 9.49. The molecule has 0 aliphatic carbocycles. The lowest BCUT2D eigenvalue weighted by Gasteiger charge is -2.20. The Bertz CT molecular complexity index is 271. The van der Waals surface area contributed by atoms with Gasteiger partial charge in [-0.2, -0.15) is 5.10 Å². The van der Waals surface area contributed by atoms with Crippen molar-refractivity contribution in [3.05, 3.63) is 11.9 Å². The molecular weight excluding hydrogens is 176 g/mol. The second kappa shape index (κ2) is 4.46. The molecule has 1 heterocycles. The normalized spacial score (nSPS) is 11.6. The second-order valence-electron chi connectivity index (χ2n) is 3.99. The van der Waals surface area contributed by atoms with Gasteiger partial charge in [-0.1, -0.05) is 0 Å². The van der Waals surface area contributed by atoms with Gasteiger partial charge in [-0.15, -0.1) is 0 Å². The van der Waals surface area contributed by atoms with Crippen molar-refractivity contribution in [1.82, 2.24) is 14.7 Å². The highest BCUT2D eigenvalue weighted by Crippen LogP contribution is 2.10. The molecule has 0 spiro atoms. The van der Waals surface area contributed by atoms with Gasteiger partial charge in [-0.3, -0.25) is 4.68 Å². The molecule has 1 aromatic rings. The van der Waals surface area contributed by atoms with E-state index in [9.17, 15) is 0 Å². The highest BCUT2D eigenvalue weighted by Gasteiger charge is 2.08. The quantitative estimate of drug-likeness (QED) is 0.778. The average molecular weight is 196 g/mol. The van der Waals surface area contributed by atoms with Crippen molar-refractivity contribution in [2.75, 3.05) is 19.3 Å². The summed E-state index contributed by atoms with van der Waals surface area (Å²) in [4.78, 5) is 2.30. The van der Waals surface area contributed by atoms with Crippen LogP contribution in [-0.4, -0.2) is 34.3 Å². The van der Waals surface area contributed by atoms with Crippen molar-refractivity contribution in [3.63, 3.8) is 0 Å². The van der Waals surface area contributed by atoms with Crippen molar-refractivity contribution < 1.29 is 0 Å². The summed E-state index contributed by atoms with van der Waals surface area (Å²) >= 11 is 0. The number of hydrogen-bond acceptors (Lipinski definition) is 3. The van der Waals surface area contributed by atoms with Gasteiger partial charge in [0, 0.05) is 26.1 Å². The Morgan fingerprint density at radius 3 is 2.64 bits per heavy atom. The molecule has 0 aliphatic heterocycles. The lowest BCUT2D eigenvalue weighted by Crippen LogP contribution is -2.28. The Hall–Kier alpha value is -1.03. The van der Waals surface area contributed by atoms with Gasteiger partial charge >= 0.3 is 0 Å². The Balaban J connectivity index is 2.53. The smallest absolute Gasteiger partial charge is 0.0733 e. The van der Waals surface area contributed by atoms with Gasteiger partial charge in [-0.25, -0.2) is 0 Å². The fraction of sp³-hybridized carbons (Fsp3) is 0.700. The van der Waals surface area contributed by atoms with Gasteiger partial charge < -0.3 is 10.6 Å². The van der Waals surface area contributed by atoms with E-state index in [1.807, 2.05) is 11.7 Å². The first-order chi connectivity index (χ1) is 6.52. The zero-order valence-corrected chi connectivity index (χ0v) is 9.49. The molecule has 0 fully saturated rings. The van der Waals surface area contributed by atoms with Crippen LogP contribution in [0.2, 0.25) is 0 Å². The highest BCUT2D eigenvalue weighted by molar-refractivity contribution is 5.40. The molecule has 0 saturated carbocycles. The lowest BCUT2D eigenvalue weighted by atomic mass is 10.2. The summed E-state index contributed by atoms with van der Waals surface area (Å²) in [6.07, 6.45) is 2.67. The van der Waals surface area contributed by atoms with Gasteiger partial charge in [0.05, 0.1) is 17.6 Å². The predicted molar refractivity (Wildman–Crippen MR) is 59.1 cm³/mol. The summed E-state index contributed by atoms with van der Waals surface area (Å²) in [6, 6.07) is 0.574. The summed E-state index contributed by atoms with van der Waals surface area (Å²) in [5.74, 6) is 0. The molecule has 0 bridgehead atoms. The van der Waals surface area contributed by atoms with Crippen molar-refractivity contribution in [2.45, 2.75) is 26.3 Å². The maximum Gasteiger partial charge on any atom is 0.0733 e. The summed E-state index contributed by atoms with van der Waals surface area (Å²) in [5.41, 5.74) is 7.72. The minimum atomic E-state index is 0.574. The van der Waals surface area contributed by atoms with Crippen LogP contribution in [-0.2, 0) is 13.5 Å². The van der Waals surface area contributed by atoms with E-state index in [-0.39, 0.29) is 0 Å². The van der Waals surface area contributed by atoms with Crippen molar-refractivity contribution >= 4 is 5.69 Å². The number of aryl methyl sites for hydroxylation is 1. The molecule has 0 atom stereocenters. The Labute approximate surface area is 85.7 Å². The Morgan fingerprint density at radius 1 is 1.57 bits per heavy atom.